The molecule has 33 heavy (non-hydrogen) atoms. The van der Waals surface area contributed by atoms with Gasteiger partial charge >= 0.3 is 0 Å². The zero-order valence-electron chi connectivity index (χ0n) is 19.6. The zero-order valence-corrected chi connectivity index (χ0v) is 20.4. The van der Waals surface area contributed by atoms with Crippen molar-refractivity contribution in [2.75, 3.05) is 13.7 Å². The fraction of sp³-hybridized carbons (Fsp3) is 0.333. The van der Waals surface area contributed by atoms with Crippen LogP contribution in [0.1, 0.15) is 36.3 Å². The molecule has 0 radical (unpaired) electrons. The average Bonchev–Trinajstić information content (AvgIpc) is 3.35. The summed E-state index contributed by atoms with van der Waals surface area (Å²) in [5, 5.41) is 2.02. The molecular formula is C27H32N2O3S. The molecule has 0 fully saturated rings. The summed E-state index contributed by atoms with van der Waals surface area (Å²) >= 11 is 1.64. The number of nitrogens with zero attached hydrogens (tertiary/aromatic N) is 2. The van der Waals surface area contributed by atoms with E-state index in [0.29, 0.717) is 13.1 Å². The minimum absolute atomic E-state index is 0.0278. The van der Waals surface area contributed by atoms with E-state index in [1.54, 1.807) is 23.3 Å². The number of hydrogen-bond acceptors (Lipinski definition) is 4. The third-order valence-electron chi connectivity index (χ3n) is 5.76. The molecule has 1 heterocycles. The molecule has 5 nitrogen and oxygen atoms in total. The lowest BCUT2D eigenvalue weighted by molar-refractivity contribution is -0.142. The van der Waals surface area contributed by atoms with Gasteiger partial charge in [-0.25, -0.2) is 0 Å². The van der Waals surface area contributed by atoms with Crippen LogP contribution in [0, 0.1) is 0 Å². The summed E-state index contributed by atoms with van der Waals surface area (Å²) in [7, 11) is 1.62. The Bertz CT molecular complexity index is 1000. The van der Waals surface area contributed by atoms with Crippen LogP contribution in [0.25, 0.3) is 0 Å². The molecule has 1 atom stereocenters. The molecule has 3 rings (SSSR count). The summed E-state index contributed by atoms with van der Waals surface area (Å²) < 4.78 is 5.20. The van der Waals surface area contributed by atoms with Gasteiger partial charge in [-0.05, 0) is 48.1 Å². The topological polar surface area (TPSA) is 49.9 Å². The normalized spacial score (nSPS) is 11.6. The Hall–Kier alpha value is -3.12. The van der Waals surface area contributed by atoms with Crippen LogP contribution in [0.2, 0.25) is 0 Å². The highest BCUT2D eigenvalue weighted by molar-refractivity contribution is 7.09. The van der Waals surface area contributed by atoms with Crippen molar-refractivity contribution in [3.63, 3.8) is 0 Å². The number of carbonyl (C=O) groups is 2. The predicted octanol–water partition coefficient (Wildman–Crippen LogP) is 5.16. The number of hydrogen-bond donors (Lipinski definition) is 0. The third kappa shape index (κ3) is 7.19. The van der Waals surface area contributed by atoms with Gasteiger partial charge in [0, 0.05) is 17.5 Å². The van der Waals surface area contributed by atoms with Gasteiger partial charge in [0.2, 0.25) is 11.8 Å². The SMILES string of the molecule is CCC(C)N(CC(=O)N(Cc1ccccc1)Cc1cccs1)C(=O)Cc1ccc(OC)cc1. The van der Waals surface area contributed by atoms with Crippen molar-refractivity contribution in [3.8, 4) is 5.75 Å². The Morgan fingerprint density at radius 1 is 0.909 bits per heavy atom. The second-order valence-corrected chi connectivity index (χ2v) is 9.15. The van der Waals surface area contributed by atoms with E-state index in [-0.39, 0.29) is 30.8 Å². The second kappa shape index (κ2) is 12.2. The highest BCUT2D eigenvalue weighted by Crippen LogP contribution is 2.17. The smallest absolute Gasteiger partial charge is 0.242 e. The monoisotopic (exact) mass is 464 g/mol. The van der Waals surface area contributed by atoms with Crippen LogP contribution >= 0.6 is 11.3 Å². The van der Waals surface area contributed by atoms with Crippen molar-refractivity contribution in [3.05, 3.63) is 88.1 Å². The molecule has 2 aromatic carbocycles. The minimum Gasteiger partial charge on any atom is -0.497 e. The van der Waals surface area contributed by atoms with Crippen molar-refractivity contribution < 1.29 is 14.3 Å². The van der Waals surface area contributed by atoms with Crippen LogP contribution in [0.3, 0.4) is 0 Å². The number of benzene rings is 2. The van der Waals surface area contributed by atoms with E-state index >= 15 is 0 Å². The van der Waals surface area contributed by atoms with Gasteiger partial charge in [-0.3, -0.25) is 9.59 Å². The molecule has 0 saturated heterocycles. The molecule has 0 aliphatic rings. The first kappa shape index (κ1) is 24.5. The van der Waals surface area contributed by atoms with Gasteiger partial charge in [-0.15, -0.1) is 11.3 Å². The lowest BCUT2D eigenvalue weighted by Crippen LogP contribution is -2.46. The van der Waals surface area contributed by atoms with E-state index in [1.807, 2.05) is 90.9 Å². The molecule has 0 aliphatic carbocycles. The zero-order chi connectivity index (χ0) is 23.6. The Morgan fingerprint density at radius 2 is 1.64 bits per heavy atom. The van der Waals surface area contributed by atoms with Gasteiger partial charge in [0.05, 0.1) is 20.1 Å². The van der Waals surface area contributed by atoms with Crippen LogP contribution in [0.15, 0.2) is 72.1 Å². The van der Waals surface area contributed by atoms with Crippen molar-refractivity contribution in [1.29, 1.82) is 0 Å². The molecule has 2 amide bonds. The van der Waals surface area contributed by atoms with Gasteiger partial charge in [-0.2, -0.15) is 0 Å². The molecule has 0 bridgehead atoms. The first-order chi connectivity index (χ1) is 16.0. The fourth-order valence-electron chi connectivity index (χ4n) is 3.60. The molecular weight excluding hydrogens is 432 g/mol. The number of carbonyl (C=O) groups excluding carboxylic acids is 2. The number of methoxy groups -OCH3 is 1. The Labute approximate surface area is 200 Å². The summed E-state index contributed by atoms with van der Waals surface area (Å²) in [6, 6.07) is 21.5. The number of rotatable bonds is 11. The van der Waals surface area contributed by atoms with E-state index in [9.17, 15) is 9.59 Å². The average molecular weight is 465 g/mol. The van der Waals surface area contributed by atoms with E-state index in [1.165, 1.54) is 0 Å². The van der Waals surface area contributed by atoms with Gasteiger partial charge in [0.25, 0.3) is 0 Å². The summed E-state index contributed by atoms with van der Waals surface area (Å²) in [6.07, 6.45) is 1.04. The van der Waals surface area contributed by atoms with Crippen LogP contribution in [0.5, 0.6) is 5.75 Å². The van der Waals surface area contributed by atoms with Gasteiger partial charge in [0.1, 0.15) is 12.3 Å². The quantitative estimate of drug-likeness (QED) is 0.394. The van der Waals surface area contributed by atoms with Crippen molar-refractivity contribution >= 4 is 23.2 Å². The molecule has 174 valence electrons. The summed E-state index contributed by atoms with van der Waals surface area (Å²) in [5.74, 6) is 0.666. The van der Waals surface area contributed by atoms with E-state index < -0.39 is 0 Å². The largest absolute Gasteiger partial charge is 0.497 e. The standard InChI is InChI=1S/C27H32N2O3S/c1-4-21(2)29(26(30)17-22-12-14-24(32-3)15-13-22)20-27(31)28(19-25-11-8-16-33-25)18-23-9-6-5-7-10-23/h5-16,21H,4,17-20H2,1-3H3. The second-order valence-electron chi connectivity index (χ2n) is 8.12. The van der Waals surface area contributed by atoms with Gasteiger partial charge in [-0.1, -0.05) is 55.5 Å². The Morgan fingerprint density at radius 3 is 2.24 bits per heavy atom. The first-order valence-electron chi connectivity index (χ1n) is 11.3. The molecule has 1 aromatic heterocycles. The third-order valence-corrected chi connectivity index (χ3v) is 6.62. The maximum absolute atomic E-state index is 13.5. The minimum atomic E-state index is -0.0457. The van der Waals surface area contributed by atoms with Crippen LogP contribution in [-0.2, 0) is 29.1 Å². The lowest BCUT2D eigenvalue weighted by atomic mass is 10.1. The molecule has 0 spiro atoms. The maximum atomic E-state index is 13.5. The Balaban J connectivity index is 1.75. The van der Waals surface area contributed by atoms with Crippen molar-refractivity contribution in [2.24, 2.45) is 0 Å². The van der Waals surface area contributed by atoms with E-state index in [0.717, 1.165) is 28.2 Å². The van der Waals surface area contributed by atoms with E-state index in [2.05, 4.69) is 0 Å². The van der Waals surface area contributed by atoms with Crippen LogP contribution < -0.4 is 4.74 Å². The molecule has 0 aliphatic heterocycles. The number of thiophene rings is 1. The van der Waals surface area contributed by atoms with Gasteiger partial charge in [0.15, 0.2) is 0 Å². The Kier molecular flexibility index (Phi) is 9.07. The predicted molar refractivity (Wildman–Crippen MR) is 133 cm³/mol. The number of ether oxygens (including phenoxy) is 1. The van der Waals surface area contributed by atoms with Crippen molar-refractivity contribution in [1.82, 2.24) is 9.80 Å². The first-order valence-corrected chi connectivity index (χ1v) is 12.1. The number of amides is 2. The summed E-state index contributed by atoms with van der Waals surface area (Å²) in [4.78, 5) is 31.4. The highest BCUT2D eigenvalue weighted by atomic mass is 32.1. The summed E-state index contributed by atoms with van der Waals surface area (Å²) in [5.41, 5.74) is 1.98. The summed E-state index contributed by atoms with van der Waals surface area (Å²) in [6.45, 7) is 5.16. The fourth-order valence-corrected chi connectivity index (χ4v) is 4.32. The molecule has 6 heteroatoms. The van der Waals surface area contributed by atoms with Crippen molar-refractivity contribution in [2.45, 2.75) is 45.8 Å². The van der Waals surface area contributed by atoms with E-state index in [4.69, 9.17) is 4.74 Å². The van der Waals surface area contributed by atoms with Crippen LogP contribution in [-0.4, -0.2) is 41.3 Å². The lowest BCUT2D eigenvalue weighted by Gasteiger charge is -2.31. The van der Waals surface area contributed by atoms with Gasteiger partial charge < -0.3 is 14.5 Å². The molecule has 1 unspecified atom stereocenters. The van der Waals surface area contributed by atoms with Crippen LogP contribution in [0.4, 0.5) is 0 Å². The molecule has 0 saturated carbocycles. The highest BCUT2D eigenvalue weighted by Gasteiger charge is 2.25. The maximum Gasteiger partial charge on any atom is 0.242 e. The molecule has 0 N–H and O–H groups in total. The molecule has 3 aromatic rings.